The van der Waals surface area contributed by atoms with Crippen molar-refractivity contribution < 1.29 is 14.7 Å². The van der Waals surface area contributed by atoms with Gasteiger partial charge in [0.1, 0.15) is 6.04 Å². The minimum atomic E-state index is -0.890. The van der Waals surface area contributed by atoms with Crippen LogP contribution in [0.15, 0.2) is 30.3 Å². The van der Waals surface area contributed by atoms with Gasteiger partial charge in [0.2, 0.25) is 5.91 Å². The van der Waals surface area contributed by atoms with E-state index in [0.29, 0.717) is 26.2 Å². The fraction of sp³-hybridized carbons (Fsp3) is 0.467. The maximum Gasteiger partial charge on any atom is 0.322 e. The SMILES string of the molecule is O=C(CN1CCNCC1C(=O)O)NCCc1ccccc1. The first-order chi connectivity index (χ1) is 10.2. The molecular weight excluding hydrogens is 270 g/mol. The summed E-state index contributed by atoms with van der Waals surface area (Å²) in [6, 6.07) is 9.30. The number of hydrogen-bond acceptors (Lipinski definition) is 4. The van der Waals surface area contributed by atoms with Gasteiger partial charge in [-0.1, -0.05) is 30.3 Å². The van der Waals surface area contributed by atoms with Crippen LogP contribution in [0.4, 0.5) is 0 Å². The average molecular weight is 291 g/mol. The first-order valence-electron chi connectivity index (χ1n) is 7.15. The lowest BCUT2D eigenvalue weighted by molar-refractivity contribution is -0.144. The van der Waals surface area contributed by atoms with Gasteiger partial charge in [-0.2, -0.15) is 0 Å². The highest BCUT2D eigenvalue weighted by Gasteiger charge is 2.29. The Morgan fingerprint density at radius 2 is 2.10 bits per heavy atom. The van der Waals surface area contributed by atoms with Crippen LogP contribution in [-0.2, 0) is 16.0 Å². The molecule has 0 aliphatic carbocycles. The van der Waals surface area contributed by atoms with Crippen molar-refractivity contribution in [3.8, 4) is 0 Å². The van der Waals surface area contributed by atoms with Gasteiger partial charge in [0.05, 0.1) is 6.54 Å². The Kier molecular flexibility index (Phi) is 5.71. The largest absolute Gasteiger partial charge is 0.480 e. The molecule has 1 aromatic carbocycles. The van der Waals surface area contributed by atoms with Crippen molar-refractivity contribution in [1.29, 1.82) is 0 Å². The molecule has 6 nitrogen and oxygen atoms in total. The molecule has 0 bridgehead atoms. The zero-order chi connectivity index (χ0) is 15.1. The van der Waals surface area contributed by atoms with Crippen molar-refractivity contribution in [3.05, 3.63) is 35.9 Å². The summed E-state index contributed by atoms with van der Waals surface area (Å²) >= 11 is 0. The number of piperazine rings is 1. The van der Waals surface area contributed by atoms with Gasteiger partial charge in [-0.15, -0.1) is 0 Å². The summed E-state index contributed by atoms with van der Waals surface area (Å²) in [6.45, 7) is 2.36. The fourth-order valence-corrected chi connectivity index (χ4v) is 2.41. The molecule has 0 spiro atoms. The molecule has 1 amide bonds. The molecule has 1 saturated heterocycles. The highest BCUT2D eigenvalue weighted by Crippen LogP contribution is 2.03. The summed E-state index contributed by atoms with van der Waals surface area (Å²) in [5, 5.41) is 15.0. The molecule has 2 rings (SSSR count). The third-order valence-corrected chi connectivity index (χ3v) is 3.56. The molecule has 1 atom stereocenters. The number of carboxylic acid groups (broad SMARTS) is 1. The molecule has 1 aliphatic heterocycles. The predicted molar refractivity (Wildman–Crippen MR) is 79.0 cm³/mol. The number of rotatable bonds is 6. The lowest BCUT2D eigenvalue weighted by Gasteiger charge is -2.32. The van der Waals surface area contributed by atoms with Gasteiger partial charge in [0, 0.05) is 26.2 Å². The second kappa shape index (κ2) is 7.75. The molecule has 1 fully saturated rings. The van der Waals surface area contributed by atoms with Crippen molar-refractivity contribution >= 4 is 11.9 Å². The highest BCUT2D eigenvalue weighted by molar-refractivity contribution is 5.80. The first kappa shape index (κ1) is 15.5. The maximum atomic E-state index is 11.9. The van der Waals surface area contributed by atoms with Gasteiger partial charge in [-0.05, 0) is 12.0 Å². The zero-order valence-electron chi connectivity index (χ0n) is 11.9. The van der Waals surface area contributed by atoms with Crippen LogP contribution in [0.3, 0.4) is 0 Å². The number of nitrogens with zero attached hydrogens (tertiary/aromatic N) is 1. The van der Waals surface area contributed by atoms with E-state index >= 15 is 0 Å². The zero-order valence-corrected chi connectivity index (χ0v) is 11.9. The number of aliphatic carboxylic acids is 1. The van der Waals surface area contributed by atoms with Crippen LogP contribution in [-0.4, -0.2) is 60.6 Å². The summed E-state index contributed by atoms with van der Waals surface area (Å²) < 4.78 is 0. The van der Waals surface area contributed by atoms with Gasteiger partial charge in [0.25, 0.3) is 0 Å². The van der Waals surface area contributed by atoms with Crippen LogP contribution in [0.5, 0.6) is 0 Å². The van der Waals surface area contributed by atoms with Crippen LogP contribution >= 0.6 is 0 Å². The Morgan fingerprint density at radius 3 is 2.81 bits per heavy atom. The van der Waals surface area contributed by atoms with Gasteiger partial charge in [0.15, 0.2) is 0 Å². The van der Waals surface area contributed by atoms with Gasteiger partial charge >= 0.3 is 5.97 Å². The third-order valence-electron chi connectivity index (χ3n) is 3.56. The standard InChI is InChI=1S/C15H21N3O3/c19-14(17-7-6-12-4-2-1-3-5-12)11-18-9-8-16-10-13(18)15(20)21/h1-5,13,16H,6-11H2,(H,17,19)(H,20,21). The maximum absolute atomic E-state index is 11.9. The number of carbonyl (C=O) groups excluding carboxylic acids is 1. The summed E-state index contributed by atoms with van der Waals surface area (Å²) in [5.41, 5.74) is 1.17. The molecule has 0 radical (unpaired) electrons. The first-order valence-corrected chi connectivity index (χ1v) is 7.15. The Morgan fingerprint density at radius 1 is 1.33 bits per heavy atom. The van der Waals surface area contributed by atoms with Crippen LogP contribution in [0.2, 0.25) is 0 Å². The predicted octanol–water partition coefficient (Wildman–Crippen LogP) is -0.296. The Hall–Kier alpha value is -1.92. The van der Waals surface area contributed by atoms with Crippen LogP contribution in [0, 0.1) is 0 Å². The van der Waals surface area contributed by atoms with E-state index in [1.807, 2.05) is 30.3 Å². The van der Waals surface area contributed by atoms with Crippen molar-refractivity contribution in [3.63, 3.8) is 0 Å². The highest BCUT2D eigenvalue weighted by atomic mass is 16.4. The molecule has 1 heterocycles. The van der Waals surface area contributed by atoms with Gasteiger partial charge in [-0.3, -0.25) is 14.5 Å². The second-order valence-corrected chi connectivity index (χ2v) is 5.11. The number of benzene rings is 1. The van der Waals surface area contributed by atoms with E-state index in [4.69, 9.17) is 5.11 Å². The Labute approximate surface area is 124 Å². The molecule has 1 unspecified atom stereocenters. The molecule has 3 N–H and O–H groups in total. The smallest absolute Gasteiger partial charge is 0.322 e. The lowest BCUT2D eigenvalue weighted by Crippen LogP contribution is -2.57. The van der Waals surface area contributed by atoms with E-state index in [1.165, 1.54) is 5.56 Å². The van der Waals surface area contributed by atoms with E-state index in [-0.39, 0.29) is 12.5 Å². The van der Waals surface area contributed by atoms with Crippen molar-refractivity contribution in [2.75, 3.05) is 32.7 Å². The molecule has 0 saturated carbocycles. The monoisotopic (exact) mass is 291 g/mol. The van der Waals surface area contributed by atoms with Crippen LogP contribution in [0.1, 0.15) is 5.56 Å². The summed E-state index contributed by atoms with van der Waals surface area (Å²) in [4.78, 5) is 24.7. The Bertz CT molecular complexity index is 478. The van der Waals surface area contributed by atoms with E-state index in [0.717, 1.165) is 6.42 Å². The van der Waals surface area contributed by atoms with Crippen LogP contribution < -0.4 is 10.6 Å². The minimum absolute atomic E-state index is 0.126. The number of hydrogen-bond donors (Lipinski definition) is 3. The summed E-state index contributed by atoms with van der Waals surface area (Å²) in [5.74, 6) is -1.02. The molecule has 1 aromatic rings. The van der Waals surface area contributed by atoms with Crippen molar-refractivity contribution in [2.24, 2.45) is 0 Å². The summed E-state index contributed by atoms with van der Waals surface area (Å²) in [6.07, 6.45) is 0.774. The van der Waals surface area contributed by atoms with Crippen molar-refractivity contribution in [1.82, 2.24) is 15.5 Å². The molecule has 21 heavy (non-hydrogen) atoms. The van der Waals surface area contributed by atoms with E-state index in [2.05, 4.69) is 10.6 Å². The number of amides is 1. The topological polar surface area (TPSA) is 81.7 Å². The van der Waals surface area contributed by atoms with E-state index in [1.54, 1.807) is 4.90 Å². The van der Waals surface area contributed by atoms with Crippen molar-refractivity contribution in [2.45, 2.75) is 12.5 Å². The fourth-order valence-electron chi connectivity index (χ4n) is 2.41. The van der Waals surface area contributed by atoms with Gasteiger partial charge in [-0.25, -0.2) is 0 Å². The number of carbonyl (C=O) groups is 2. The quantitative estimate of drug-likeness (QED) is 0.671. The van der Waals surface area contributed by atoms with Crippen LogP contribution in [0.25, 0.3) is 0 Å². The third kappa shape index (κ3) is 4.84. The average Bonchev–Trinajstić information content (AvgIpc) is 2.48. The molecule has 0 aromatic heterocycles. The molecule has 114 valence electrons. The molecular formula is C15H21N3O3. The van der Waals surface area contributed by atoms with E-state index < -0.39 is 12.0 Å². The Balaban J connectivity index is 1.74. The summed E-state index contributed by atoms with van der Waals surface area (Å²) in [7, 11) is 0. The normalized spacial score (nSPS) is 19.1. The van der Waals surface area contributed by atoms with Gasteiger partial charge < -0.3 is 15.7 Å². The molecule has 6 heteroatoms. The molecule has 1 aliphatic rings. The van der Waals surface area contributed by atoms with E-state index in [9.17, 15) is 9.59 Å². The lowest BCUT2D eigenvalue weighted by atomic mass is 10.1. The number of carboxylic acids is 1. The minimum Gasteiger partial charge on any atom is -0.480 e. The number of nitrogens with one attached hydrogen (secondary N) is 2. The second-order valence-electron chi connectivity index (χ2n) is 5.11.